The van der Waals surface area contributed by atoms with Crippen molar-refractivity contribution in [3.05, 3.63) is 77.6 Å². The van der Waals surface area contributed by atoms with E-state index < -0.39 is 0 Å². The quantitative estimate of drug-likeness (QED) is 0.664. The zero-order valence-corrected chi connectivity index (χ0v) is 15.8. The lowest BCUT2D eigenvalue weighted by atomic mass is 10.1. The number of nitrogens with zero attached hydrogens (tertiary/aromatic N) is 5. The number of hydrogen-bond donors (Lipinski definition) is 0. The molecule has 1 amide bonds. The van der Waals surface area contributed by atoms with E-state index in [9.17, 15) is 13.6 Å². The Hall–Kier alpha value is -3.13. The molecular formula is C21H21F2N5O. The van der Waals surface area contributed by atoms with Gasteiger partial charge < -0.3 is 4.90 Å². The normalized spacial score (nSPS) is 14.9. The smallest absolute Gasteiger partial charge is 0.227 e. The molecule has 4 rings (SSSR count). The molecule has 1 aromatic heterocycles. The molecule has 0 radical (unpaired) electrons. The van der Waals surface area contributed by atoms with Crippen molar-refractivity contribution < 1.29 is 13.6 Å². The Bertz CT molecular complexity index is 981. The zero-order chi connectivity index (χ0) is 20.2. The summed E-state index contributed by atoms with van der Waals surface area (Å²) in [5, 5.41) is 8.28. The summed E-state index contributed by atoms with van der Waals surface area (Å²) in [5.74, 6) is -0.697. The van der Waals surface area contributed by atoms with Crippen LogP contribution in [-0.2, 0) is 17.8 Å². The number of amides is 1. The fraction of sp³-hybridized carbons (Fsp3) is 0.286. The van der Waals surface area contributed by atoms with Crippen LogP contribution in [0.25, 0.3) is 5.69 Å². The molecule has 0 aliphatic carbocycles. The third-order valence-electron chi connectivity index (χ3n) is 5.04. The summed E-state index contributed by atoms with van der Waals surface area (Å²) < 4.78 is 28.4. The summed E-state index contributed by atoms with van der Waals surface area (Å²) in [5.41, 5.74) is 1.98. The maximum absolute atomic E-state index is 13.8. The molecule has 1 aliphatic heterocycles. The van der Waals surface area contributed by atoms with Gasteiger partial charge in [0.1, 0.15) is 11.6 Å². The molecule has 0 spiro atoms. The van der Waals surface area contributed by atoms with Crippen molar-refractivity contribution >= 4 is 5.91 Å². The highest BCUT2D eigenvalue weighted by Crippen LogP contribution is 2.13. The van der Waals surface area contributed by atoms with Gasteiger partial charge >= 0.3 is 0 Å². The van der Waals surface area contributed by atoms with Crippen LogP contribution < -0.4 is 0 Å². The van der Waals surface area contributed by atoms with Crippen LogP contribution in [-0.4, -0.2) is 56.9 Å². The van der Waals surface area contributed by atoms with Gasteiger partial charge in [0.15, 0.2) is 0 Å². The number of rotatable bonds is 5. The molecule has 150 valence electrons. The molecule has 3 aromatic rings. The standard InChI is InChI=1S/C21H21F2N5O/c22-17-5-7-19(8-6-17)28-15-18(24-25-28)14-26-9-11-27(12-10-26)21(29)13-16-3-1-2-4-20(16)23/h1-8,15H,9-14H2. The Balaban J connectivity index is 1.29. The second-order valence-electron chi connectivity index (χ2n) is 7.06. The van der Waals surface area contributed by atoms with Crippen molar-refractivity contribution in [1.82, 2.24) is 24.8 Å². The molecule has 1 saturated heterocycles. The van der Waals surface area contributed by atoms with Crippen molar-refractivity contribution in [2.24, 2.45) is 0 Å². The van der Waals surface area contributed by atoms with Gasteiger partial charge in [0.2, 0.25) is 5.91 Å². The van der Waals surface area contributed by atoms with Crippen LogP contribution in [0.2, 0.25) is 0 Å². The van der Waals surface area contributed by atoms with Crippen LogP contribution in [0.3, 0.4) is 0 Å². The highest BCUT2D eigenvalue weighted by atomic mass is 19.1. The minimum absolute atomic E-state index is 0.0583. The Morgan fingerprint density at radius 2 is 1.69 bits per heavy atom. The van der Waals surface area contributed by atoms with Gasteiger partial charge in [-0.2, -0.15) is 0 Å². The van der Waals surface area contributed by atoms with Gasteiger partial charge in [-0.3, -0.25) is 9.69 Å². The van der Waals surface area contributed by atoms with E-state index in [0.29, 0.717) is 38.3 Å². The minimum Gasteiger partial charge on any atom is -0.340 e. The monoisotopic (exact) mass is 397 g/mol. The lowest BCUT2D eigenvalue weighted by Crippen LogP contribution is -2.48. The predicted molar refractivity (Wildman–Crippen MR) is 103 cm³/mol. The SMILES string of the molecule is O=C(Cc1ccccc1F)N1CCN(Cc2cn(-c3ccc(F)cc3)nn2)CC1. The van der Waals surface area contributed by atoms with E-state index in [1.165, 1.54) is 18.2 Å². The number of piperazine rings is 1. The van der Waals surface area contributed by atoms with Gasteiger partial charge in [0.05, 0.1) is 24.0 Å². The summed E-state index contributed by atoms with van der Waals surface area (Å²) in [7, 11) is 0. The van der Waals surface area contributed by atoms with Gasteiger partial charge in [0.25, 0.3) is 0 Å². The molecule has 0 bridgehead atoms. The molecule has 29 heavy (non-hydrogen) atoms. The van der Waals surface area contributed by atoms with Crippen LogP contribution in [0.4, 0.5) is 8.78 Å². The average Bonchev–Trinajstić information content (AvgIpc) is 3.19. The van der Waals surface area contributed by atoms with E-state index in [0.717, 1.165) is 11.4 Å². The molecule has 1 aliphatic rings. The molecular weight excluding hydrogens is 376 g/mol. The molecule has 0 unspecified atom stereocenters. The second kappa shape index (κ2) is 8.48. The number of hydrogen-bond acceptors (Lipinski definition) is 4. The lowest BCUT2D eigenvalue weighted by Gasteiger charge is -2.34. The lowest BCUT2D eigenvalue weighted by molar-refractivity contribution is -0.132. The summed E-state index contributed by atoms with van der Waals surface area (Å²) >= 11 is 0. The van der Waals surface area contributed by atoms with E-state index in [2.05, 4.69) is 15.2 Å². The number of carbonyl (C=O) groups excluding carboxylic acids is 1. The first-order valence-electron chi connectivity index (χ1n) is 9.49. The molecule has 0 saturated carbocycles. The van der Waals surface area contributed by atoms with Gasteiger partial charge in [-0.25, -0.2) is 13.5 Å². The summed E-state index contributed by atoms with van der Waals surface area (Å²) in [6.45, 7) is 3.24. The molecule has 1 fully saturated rings. The minimum atomic E-state index is -0.344. The highest BCUT2D eigenvalue weighted by Gasteiger charge is 2.22. The van der Waals surface area contributed by atoms with E-state index in [4.69, 9.17) is 0 Å². The molecule has 2 heterocycles. The predicted octanol–water partition coefficient (Wildman–Crippen LogP) is 2.43. The van der Waals surface area contributed by atoms with E-state index in [-0.39, 0.29) is 24.0 Å². The average molecular weight is 397 g/mol. The molecule has 6 nitrogen and oxygen atoms in total. The molecule has 2 aromatic carbocycles. The maximum atomic E-state index is 13.8. The Morgan fingerprint density at radius 3 is 2.41 bits per heavy atom. The number of aromatic nitrogens is 3. The van der Waals surface area contributed by atoms with E-state index in [1.807, 2.05) is 6.20 Å². The fourth-order valence-electron chi connectivity index (χ4n) is 3.39. The van der Waals surface area contributed by atoms with Crippen LogP contribution in [0.5, 0.6) is 0 Å². The number of benzene rings is 2. The maximum Gasteiger partial charge on any atom is 0.227 e. The summed E-state index contributed by atoms with van der Waals surface area (Å²) in [6, 6.07) is 12.4. The van der Waals surface area contributed by atoms with Crippen LogP contribution >= 0.6 is 0 Å². The number of carbonyl (C=O) groups is 1. The summed E-state index contributed by atoms with van der Waals surface area (Å²) in [6.07, 6.45) is 1.90. The van der Waals surface area contributed by atoms with Crippen molar-refractivity contribution in [3.63, 3.8) is 0 Å². The number of halogens is 2. The molecule has 8 heteroatoms. The first kappa shape index (κ1) is 19.2. The van der Waals surface area contributed by atoms with E-state index >= 15 is 0 Å². The van der Waals surface area contributed by atoms with Gasteiger partial charge in [-0.15, -0.1) is 5.10 Å². The zero-order valence-electron chi connectivity index (χ0n) is 15.8. The third kappa shape index (κ3) is 4.65. The third-order valence-corrected chi connectivity index (χ3v) is 5.04. The molecule has 0 atom stereocenters. The summed E-state index contributed by atoms with van der Waals surface area (Å²) in [4.78, 5) is 16.4. The van der Waals surface area contributed by atoms with Crippen molar-refractivity contribution in [1.29, 1.82) is 0 Å². The van der Waals surface area contributed by atoms with Crippen molar-refractivity contribution in [2.75, 3.05) is 26.2 Å². The van der Waals surface area contributed by atoms with Crippen molar-refractivity contribution in [2.45, 2.75) is 13.0 Å². The largest absolute Gasteiger partial charge is 0.340 e. The highest BCUT2D eigenvalue weighted by molar-refractivity contribution is 5.79. The Labute approximate surface area is 167 Å². The van der Waals surface area contributed by atoms with Crippen LogP contribution in [0.15, 0.2) is 54.7 Å². The van der Waals surface area contributed by atoms with E-state index in [1.54, 1.807) is 39.9 Å². The Morgan fingerprint density at radius 1 is 0.966 bits per heavy atom. The first-order chi connectivity index (χ1) is 14.1. The Kier molecular flexibility index (Phi) is 5.62. The van der Waals surface area contributed by atoms with Gasteiger partial charge in [-0.05, 0) is 35.9 Å². The van der Waals surface area contributed by atoms with Crippen molar-refractivity contribution in [3.8, 4) is 5.69 Å². The van der Waals surface area contributed by atoms with Gasteiger partial charge in [-0.1, -0.05) is 23.4 Å². The van der Waals surface area contributed by atoms with Gasteiger partial charge in [0, 0.05) is 32.7 Å². The second-order valence-corrected chi connectivity index (χ2v) is 7.06. The fourth-order valence-corrected chi connectivity index (χ4v) is 3.39. The van der Waals surface area contributed by atoms with Crippen LogP contribution in [0, 0.1) is 11.6 Å². The first-order valence-corrected chi connectivity index (χ1v) is 9.49. The van der Waals surface area contributed by atoms with Crippen LogP contribution in [0.1, 0.15) is 11.3 Å². The topological polar surface area (TPSA) is 54.3 Å². The molecule has 0 N–H and O–H groups in total.